The predicted octanol–water partition coefficient (Wildman–Crippen LogP) is 1.51. The lowest BCUT2D eigenvalue weighted by molar-refractivity contribution is 0.102. The van der Waals surface area contributed by atoms with Gasteiger partial charge in [-0.05, 0) is 24.7 Å². The molecular formula is C11H12N4OS. The highest BCUT2D eigenvalue weighted by Crippen LogP contribution is 2.11. The molecule has 0 aliphatic carbocycles. The summed E-state index contributed by atoms with van der Waals surface area (Å²) in [5.74, 6) is -0.236. The number of hydrogen-bond acceptors (Lipinski definition) is 5. The highest BCUT2D eigenvalue weighted by molar-refractivity contribution is 6.99. The van der Waals surface area contributed by atoms with Gasteiger partial charge >= 0.3 is 0 Å². The van der Waals surface area contributed by atoms with Crippen LogP contribution in [0.2, 0.25) is 0 Å². The number of hydrogen-bond donors (Lipinski definition) is 2. The van der Waals surface area contributed by atoms with Gasteiger partial charge in [0.05, 0.1) is 17.9 Å². The molecule has 2 N–H and O–H groups in total. The van der Waals surface area contributed by atoms with Crippen molar-refractivity contribution in [2.45, 2.75) is 6.54 Å². The molecule has 88 valence electrons. The minimum absolute atomic E-state index is 0.236. The molecule has 0 spiro atoms. The predicted molar refractivity (Wildman–Crippen MR) is 67.1 cm³/mol. The number of carbonyl (C=O) groups excluding carboxylic acids is 1. The SMILES string of the molecule is CNCc1cccc(NC(=O)c2cnsn2)c1. The summed E-state index contributed by atoms with van der Waals surface area (Å²) < 4.78 is 7.67. The van der Waals surface area contributed by atoms with Crippen molar-refractivity contribution in [1.29, 1.82) is 0 Å². The van der Waals surface area contributed by atoms with Gasteiger partial charge in [-0.3, -0.25) is 4.79 Å². The van der Waals surface area contributed by atoms with Crippen molar-refractivity contribution in [2.75, 3.05) is 12.4 Å². The van der Waals surface area contributed by atoms with E-state index in [1.807, 2.05) is 31.3 Å². The van der Waals surface area contributed by atoms with Crippen molar-refractivity contribution in [3.63, 3.8) is 0 Å². The van der Waals surface area contributed by atoms with Gasteiger partial charge in [-0.2, -0.15) is 8.75 Å². The molecule has 0 saturated carbocycles. The van der Waals surface area contributed by atoms with E-state index in [0.29, 0.717) is 5.69 Å². The summed E-state index contributed by atoms with van der Waals surface area (Å²) in [6.45, 7) is 0.766. The van der Waals surface area contributed by atoms with E-state index in [1.54, 1.807) is 0 Å². The van der Waals surface area contributed by atoms with Crippen LogP contribution in [0.15, 0.2) is 30.5 Å². The van der Waals surface area contributed by atoms with Crippen LogP contribution in [-0.4, -0.2) is 21.7 Å². The zero-order chi connectivity index (χ0) is 12.1. The minimum atomic E-state index is -0.236. The Balaban J connectivity index is 2.08. The van der Waals surface area contributed by atoms with Crippen LogP contribution in [0.25, 0.3) is 0 Å². The van der Waals surface area contributed by atoms with Crippen LogP contribution < -0.4 is 10.6 Å². The van der Waals surface area contributed by atoms with Gasteiger partial charge in [0.1, 0.15) is 0 Å². The van der Waals surface area contributed by atoms with Gasteiger partial charge in [-0.25, -0.2) is 0 Å². The van der Waals surface area contributed by atoms with E-state index in [-0.39, 0.29) is 5.91 Å². The van der Waals surface area contributed by atoms with Crippen LogP contribution in [0.3, 0.4) is 0 Å². The number of amides is 1. The lowest BCUT2D eigenvalue weighted by Gasteiger charge is -2.05. The summed E-state index contributed by atoms with van der Waals surface area (Å²) in [5.41, 5.74) is 2.21. The minimum Gasteiger partial charge on any atom is -0.321 e. The summed E-state index contributed by atoms with van der Waals surface area (Å²) in [7, 11) is 1.88. The number of nitrogens with zero attached hydrogens (tertiary/aromatic N) is 2. The van der Waals surface area contributed by atoms with Crippen molar-refractivity contribution >= 4 is 23.3 Å². The Bertz CT molecular complexity index is 498. The Hall–Kier alpha value is -1.79. The number of rotatable bonds is 4. The van der Waals surface area contributed by atoms with E-state index in [2.05, 4.69) is 19.4 Å². The van der Waals surface area contributed by atoms with Gasteiger partial charge in [0.2, 0.25) is 0 Å². The van der Waals surface area contributed by atoms with E-state index in [9.17, 15) is 4.79 Å². The molecule has 2 aromatic rings. The third kappa shape index (κ3) is 3.08. The lowest BCUT2D eigenvalue weighted by atomic mass is 10.2. The molecule has 0 aliphatic heterocycles. The maximum atomic E-state index is 11.7. The Labute approximate surface area is 103 Å². The second kappa shape index (κ2) is 5.51. The van der Waals surface area contributed by atoms with Crippen LogP contribution in [0.5, 0.6) is 0 Å². The first-order valence-corrected chi connectivity index (χ1v) is 5.85. The molecule has 2 rings (SSSR count). The van der Waals surface area contributed by atoms with E-state index < -0.39 is 0 Å². The lowest BCUT2D eigenvalue weighted by Crippen LogP contribution is -2.12. The van der Waals surface area contributed by atoms with Crippen LogP contribution in [0.4, 0.5) is 5.69 Å². The molecule has 0 atom stereocenters. The molecule has 0 radical (unpaired) electrons. The third-order valence-corrected chi connectivity index (χ3v) is 2.64. The molecule has 0 bridgehead atoms. The molecule has 1 heterocycles. The molecule has 6 heteroatoms. The molecule has 0 saturated heterocycles. The van der Waals surface area contributed by atoms with Gasteiger partial charge in [0.25, 0.3) is 5.91 Å². The second-order valence-electron chi connectivity index (χ2n) is 3.48. The van der Waals surface area contributed by atoms with Crippen LogP contribution in [0, 0.1) is 0 Å². The number of aromatic nitrogens is 2. The first-order chi connectivity index (χ1) is 8.29. The first-order valence-electron chi connectivity index (χ1n) is 5.12. The van der Waals surface area contributed by atoms with Crippen molar-refractivity contribution in [2.24, 2.45) is 0 Å². The topological polar surface area (TPSA) is 66.9 Å². The van der Waals surface area contributed by atoms with Crippen molar-refractivity contribution in [3.8, 4) is 0 Å². The highest BCUT2D eigenvalue weighted by atomic mass is 32.1. The quantitative estimate of drug-likeness (QED) is 0.860. The van der Waals surface area contributed by atoms with Gasteiger partial charge in [-0.1, -0.05) is 12.1 Å². The zero-order valence-electron chi connectivity index (χ0n) is 9.30. The van der Waals surface area contributed by atoms with E-state index >= 15 is 0 Å². The second-order valence-corrected chi connectivity index (χ2v) is 4.03. The summed E-state index contributed by atoms with van der Waals surface area (Å²) in [6, 6.07) is 7.67. The van der Waals surface area contributed by atoms with Gasteiger partial charge in [-0.15, -0.1) is 0 Å². The first kappa shape index (κ1) is 11.7. The van der Waals surface area contributed by atoms with Crippen molar-refractivity contribution in [1.82, 2.24) is 14.1 Å². The van der Waals surface area contributed by atoms with Gasteiger partial charge < -0.3 is 10.6 Å². The van der Waals surface area contributed by atoms with Crippen molar-refractivity contribution < 1.29 is 4.79 Å². The fraction of sp³-hybridized carbons (Fsp3) is 0.182. The maximum absolute atomic E-state index is 11.7. The molecule has 0 unspecified atom stereocenters. The van der Waals surface area contributed by atoms with E-state index in [0.717, 1.165) is 29.5 Å². The Morgan fingerprint density at radius 1 is 1.47 bits per heavy atom. The normalized spacial score (nSPS) is 10.2. The number of carbonyl (C=O) groups is 1. The molecule has 0 fully saturated rings. The average Bonchev–Trinajstić information content (AvgIpc) is 2.83. The number of nitrogens with one attached hydrogen (secondary N) is 2. The Kier molecular flexibility index (Phi) is 3.79. The fourth-order valence-corrected chi connectivity index (χ4v) is 1.84. The van der Waals surface area contributed by atoms with E-state index in [4.69, 9.17) is 0 Å². The molecule has 17 heavy (non-hydrogen) atoms. The third-order valence-electron chi connectivity index (χ3n) is 2.16. The average molecular weight is 248 g/mol. The number of anilines is 1. The number of benzene rings is 1. The summed E-state index contributed by atoms with van der Waals surface area (Å²) in [5, 5.41) is 5.84. The largest absolute Gasteiger partial charge is 0.321 e. The maximum Gasteiger partial charge on any atom is 0.277 e. The molecular weight excluding hydrogens is 236 g/mol. The summed E-state index contributed by atoms with van der Waals surface area (Å²) in [4.78, 5) is 11.7. The van der Waals surface area contributed by atoms with Gasteiger partial charge in [0.15, 0.2) is 5.69 Å². The smallest absolute Gasteiger partial charge is 0.277 e. The van der Waals surface area contributed by atoms with Crippen LogP contribution in [0.1, 0.15) is 16.1 Å². The molecule has 1 aromatic heterocycles. The fourth-order valence-electron chi connectivity index (χ4n) is 1.42. The van der Waals surface area contributed by atoms with Crippen molar-refractivity contribution in [3.05, 3.63) is 41.7 Å². The summed E-state index contributed by atoms with van der Waals surface area (Å²) in [6.07, 6.45) is 1.46. The zero-order valence-corrected chi connectivity index (χ0v) is 10.1. The van der Waals surface area contributed by atoms with Crippen LogP contribution >= 0.6 is 11.7 Å². The van der Waals surface area contributed by atoms with Gasteiger partial charge in [0, 0.05) is 12.2 Å². The Morgan fingerprint density at radius 3 is 3.06 bits per heavy atom. The summed E-state index contributed by atoms with van der Waals surface area (Å²) >= 11 is 1.02. The molecule has 5 nitrogen and oxygen atoms in total. The monoisotopic (exact) mass is 248 g/mol. The molecule has 1 amide bonds. The molecule has 0 aliphatic rings. The van der Waals surface area contributed by atoms with E-state index in [1.165, 1.54) is 6.20 Å². The van der Waals surface area contributed by atoms with Crippen LogP contribution in [-0.2, 0) is 6.54 Å². The standard InChI is InChI=1S/C11H12N4OS/c1-12-6-8-3-2-4-9(5-8)14-11(16)10-7-13-17-15-10/h2-5,7,12H,6H2,1H3,(H,14,16). The molecule has 1 aromatic carbocycles. The Morgan fingerprint density at radius 2 is 2.35 bits per heavy atom. The highest BCUT2D eigenvalue weighted by Gasteiger charge is 2.08.